The van der Waals surface area contributed by atoms with E-state index in [1.807, 2.05) is 0 Å². The summed E-state index contributed by atoms with van der Waals surface area (Å²) in [5, 5.41) is 14.1. The number of nitro groups is 1. The maximum Gasteiger partial charge on any atom is 0.310 e. The van der Waals surface area contributed by atoms with Crippen LogP contribution in [0, 0.1) is 10.1 Å². The summed E-state index contributed by atoms with van der Waals surface area (Å²) in [6.45, 7) is 2.12. The highest BCUT2D eigenvalue weighted by Gasteiger charge is 2.30. The van der Waals surface area contributed by atoms with Gasteiger partial charge in [0, 0.05) is 11.7 Å². The van der Waals surface area contributed by atoms with Crippen molar-refractivity contribution in [3.63, 3.8) is 0 Å². The fourth-order valence-electron chi connectivity index (χ4n) is 2.24. The largest absolute Gasteiger partial charge is 0.374 e. The first-order valence-corrected chi connectivity index (χ1v) is 5.47. The normalized spacial score (nSPS) is 18.3. The zero-order chi connectivity index (χ0) is 11.6. The molecule has 0 spiro atoms. The van der Waals surface area contributed by atoms with Gasteiger partial charge in [0.25, 0.3) is 0 Å². The van der Waals surface area contributed by atoms with Crippen LogP contribution in [0.4, 0.5) is 11.4 Å². The Morgan fingerprint density at radius 1 is 1.50 bits per heavy atom. The molecule has 86 valence electrons. The lowest BCUT2D eigenvalue weighted by Crippen LogP contribution is -2.31. The third kappa shape index (κ3) is 2.13. The van der Waals surface area contributed by atoms with E-state index >= 15 is 0 Å². The second-order valence-corrected chi connectivity index (χ2v) is 4.54. The van der Waals surface area contributed by atoms with Crippen LogP contribution < -0.4 is 5.32 Å². The van der Waals surface area contributed by atoms with Crippen molar-refractivity contribution >= 4 is 11.4 Å². The molecule has 0 aliphatic heterocycles. The minimum Gasteiger partial charge on any atom is -0.374 e. The van der Waals surface area contributed by atoms with Crippen LogP contribution in [0.3, 0.4) is 0 Å². The number of nitrogens with zero attached hydrogens (tertiary/aromatic N) is 2. The standard InChI is InChI=1S/C11H15N3O2/c1-11(5-2-3-6-11)13-9-4-7-12-8-10(9)14(15)16/h4,7-8H,2-3,5-6H2,1H3,(H,12,13). The van der Waals surface area contributed by atoms with Crippen LogP contribution in [-0.2, 0) is 0 Å². The molecule has 1 fully saturated rings. The van der Waals surface area contributed by atoms with E-state index in [9.17, 15) is 10.1 Å². The molecule has 1 aliphatic carbocycles. The number of nitrogens with one attached hydrogen (secondary N) is 1. The van der Waals surface area contributed by atoms with Gasteiger partial charge in [0.2, 0.25) is 0 Å². The van der Waals surface area contributed by atoms with Gasteiger partial charge in [-0.3, -0.25) is 15.1 Å². The van der Waals surface area contributed by atoms with E-state index in [0.717, 1.165) is 12.8 Å². The zero-order valence-electron chi connectivity index (χ0n) is 9.27. The van der Waals surface area contributed by atoms with Crippen molar-refractivity contribution < 1.29 is 4.92 Å². The molecule has 2 rings (SSSR count). The zero-order valence-corrected chi connectivity index (χ0v) is 9.27. The first-order chi connectivity index (χ1) is 7.61. The predicted molar refractivity (Wildman–Crippen MR) is 61.4 cm³/mol. The Bertz CT molecular complexity index is 400. The molecular weight excluding hydrogens is 206 g/mol. The number of hydrogen-bond donors (Lipinski definition) is 1. The summed E-state index contributed by atoms with van der Waals surface area (Å²) in [6.07, 6.45) is 7.36. The highest BCUT2D eigenvalue weighted by molar-refractivity contribution is 5.60. The number of anilines is 1. The van der Waals surface area contributed by atoms with E-state index in [1.54, 1.807) is 12.3 Å². The maximum atomic E-state index is 10.8. The Labute approximate surface area is 94.0 Å². The fraction of sp³-hybridized carbons (Fsp3) is 0.545. The molecule has 0 bridgehead atoms. The average Bonchev–Trinajstić information content (AvgIpc) is 2.65. The molecule has 1 aromatic heterocycles. The number of aromatic nitrogens is 1. The molecule has 0 unspecified atom stereocenters. The molecule has 0 saturated heterocycles. The van der Waals surface area contributed by atoms with Crippen LogP contribution in [0.1, 0.15) is 32.6 Å². The van der Waals surface area contributed by atoms with Crippen molar-refractivity contribution in [1.82, 2.24) is 4.98 Å². The molecule has 1 N–H and O–H groups in total. The van der Waals surface area contributed by atoms with Gasteiger partial charge >= 0.3 is 5.69 Å². The highest BCUT2D eigenvalue weighted by Crippen LogP contribution is 2.35. The molecule has 16 heavy (non-hydrogen) atoms. The van der Waals surface area contributed by atoms with Crippen molar-refractivity contribution in [1.29, 1.82) is 0 Å². The van der Waals surface area contributed by atoms with Crippen molar-refractivity contribution in [2.75, 3.05) is 5.32 Å². The molecule has 5 heteroatoms. The summed E-state index contributed by atoms with van der Waals surface area (Å²) in [5.74, 6) is 0. The lowest BCUT2D eigenvalue weighted by atomic mass is 10.0. The van der Waals surface area contributed by atoms with Gasteiger partial charge < -0.3 is 5.32 Å². The van der Waals surface area contributed by atoms with Gasteiger partial charge in [0.1, 0.15) is 11.9 Å². The SMILES string of the molecule is CC1(Nc2ccncc2[N+](=O)[O-])CCCC1. The third-order valence-electron chi connectivity index (χ3n) is 3.14. The smallest absolute Gasteiger partial charge is 0.310 e. The minimum absolute atomic E-state index is 0.00782. The fourth-order valence-corrected chi connectivity index (χ4v) is 2.24. The number of pyridine rings is 1. The van der Waals surface area contributed by atoms with Crippen LogP contribution in [0.5, 0.6) is 0 Å². The van der Waals surface area contributed by atoms with Crippen molar-refractivity contribution in [2.45, 2.75) is 38.1 Å². The monoisotopic (exact) mass is 221 g/mol. The second kappa shape index (κ2) is 4.08. The Morgan fingerprint density at radius 2 is 2.19 bits per heavy atom. The number of rotatable bonds is 3. The van der Waals surface area contributed by atoms with Gasteiger partial charge in [-0.1, -0.05) is 12.8 Å². The van der Waals surface area contributed by atoms with E-state index in [0.29, 0.717) is 5.69 Å². The summed E-state index contributed by atoms with van der Waals surface area (Å²) < 4.78 is 0. The van der Waals surface area contributed by atoms with Crippen LogP contribution >= 0.6 is 0 Å². The van der Waals surface area contributed by atoms with Crippen LogP contribution in [-0.4, -0.2) is 15.4 Å². The van der Waals surface area contributed by atoms with E-state index in [4.69, 9.17) is 0 Å². The molecule has 1 saturated carbocycles. The lowest BCUT2D eigenvalue weighted by Gasteiger charge is -2.26. The maximum absolute atomic E-state index is 10.8. The predicted octanol–water partition coefficient (Wildman–Crippen LogP) is 2.73. The van der Waals surface area contributed by atoms with Gasteiger partial charge in [0.15, 0.2) is 0 Å². The third-order valence-corrected chi connectivity index (χ3v) is 3.14. The summed E-state index contributed by atoms with van der Waals surface area (Å²) in [5.41, 5.74) is 0.617. The summed E-state index contributed by atoms with van der Waals surface area (Å²) in [6, 6.07) is 1.67. The summed E-state index contributed by atoms with van der Waals surface area (Å²) in [7, 11) is 0. The van der Waals surface area contributed by atoms with Gasteiger partial charge in [-0.05, 0) is 25.8 Å². The van der Waals surface area contributed by atoms with Crippen LogP contribution in [0.15, 0.2) is 18.5 Å². The molecule has 1 aromatic rings. The van der Waals surface area contributed by atoms with Gasteiger partial charge in [0.05, 0.1) is 4.92 Å². The van der Waals surface area contributed by atoms with Crippen molar-refractivity contribution in [3.05, 3.63) is 28.6 Å². The molecule has 0 amide bonds. The van der Waals surface area contributed by atoms with Crippen LogP contribution in [0.25, 0.3) is 0 Å². The van der Waals surface area contributed by atoms with Crippen molar-refractivity contribution in [2.24, 2.45) is 0 Å². The lowest BCUT2D eigenvalue weighted by molar-refractivity contribution is -0.384. The first-order valence-electron chi connectivity index (χ1n) is 5.47. The Balaban J connectivity index is 2.23. The van der Waals surface area contributed by atoms with Gasteiger partial charge in [-0.25, -0.2) is 0 Å². The quantitative estimate of drug-likeness (QED) is 0.629. The Kier molecular flexibility index (Phi) is 2.77. The van der Waals surface area contributed by atoms with E-state index in [1.165, 1.54) is 19.0 Å². The van der Waals surface area contributed by atoms with Gasteiger partial charge in [-0.2, -0.15) is 0 Å². The first kappa shape index (κ1) is 10.9. The average molecular weight is 221 g/mol. The van der Waals surface area contributed by atoms with Crippen molar-refractivity contribution in [3.8, 4) is 0 Å². The van der Waals surface area contributed by atoms with Crippen LogP contribution in [0.2, 0.25) is 0 Å². The summed E-state index contributed by atoms with van der Waals surface area (Å²) >= 11 is 0. The molecular formula is C11H15N3O2. The summed E-state index contributed by atoms with van der Waals surface area (Å²) in [4.78, 5) is 14.2. The molecule has 1 aliphatic rings. The van der Waals surface area contributed by atoms with E-state index in [2.05, 4.69) is 17.2 Å². The van der Waals surface area contributed by atoms with Gasteiger partial charge in [-0.15, -0.1) is 0 Å². The molecule has 0 aromatic carbocycles. The Hall–Kier alpha value is -1.65. The minimum atomic E-state index is -0.395. The van der Waals surface area contributed by atoms with E-state index in [-0.39, 0.29) is 11.2 Å². The number of hydrogen-bond acceptors (Lipinski definition) is 4. The highest BCUT2D eigenvalue weighted by atomic mass is 16.6. The molecule has 0 atom stereocenters. The van der Waals surface area contributed by atoms with E-state index < -0.39 is 4.92 Å². The second-order valence-electron chi connectivity index (χ2n) is 4.54. The topological polar surface area (TPSA) is 68.1 Å². The molecule has 1 heterocycles. The molecule has 5 nitrogen and oxygen atoms in total. The Morgan fingerprint density at radius 3 is 2.81 bits per heavy atom. The molecule has 0 radical (unpaired) electrons.